The maximum Gasteiger partial charge on any atom is 0.310 e. The second-order valence-electron chi connectivity index (χ2n) is 6.43. The average molecular weight is 321 g/mol. The molecule has 1 heterocycles. The van der Waals surface area contributed by atoms with Gasteiger partial charge in [-0.25, -0.2) is 0 Å². The van der Waals surface area contributed by atoms with Gasteiger partial charge in [0.2, 0.25) is 5.91 Å². The molecule has 0 radical (unpaired) electrons. The molecule has 0 aromatic carbocycles. The van der Waals surface area contributed by atoms with E-state index in [-0.39, 0.29) is 23.8 Å². The van der Waals surface area contributed by atoms with Crippen molar-refractivity contribution in [1.82, 2.24) is 15.1 Å². The first-order chi connectivity index (χ1) is 10.9. The number of aromatic nitrogens is 2. The SMILES string of the molecule is COC(=O)[C@H]1CCCCC[C@@H]1NC(=O)[C@@H](C)n1nc(C)cc1C. The third-order valence-corrected chi connectivity index (χ3v) is 4.64. The van der Waals surface area contributed by atoms with E-state index in [4.69, 9.17) is 4.74 Å². The van der Waals surface area contributed by atoms with Gasteiger partial charge >= 0.3 is 5.97 Å². The van der Waals surface area contributed by atoms with Crippen LogP contribution in [0.2, 0.25) is 0 Å². The fourth-order valence-electron chi connectivity index (χ4n) is 3.37. The molecule has 6 nitrogen and oxygen atoms in total. The highest BCUT2D eigenvalue weighted by Gasteiger charge is 2.32. The molecule has 0 bridgehead atoms. The molecule has 2 rings (SSSR count). The fraction of sp³-hybridized carbons (Fsp3) is 0.706. The predicted octanol–water partition coefficient (Wildman–Crippen LogP) is 2.30. The lowest BCUT2D eigenvalue weighted by Crippen LogP contribution is -2.45. The van der Waals surface area contributed by atoms with Gasteiger partial charge in [-0.05, 0) is 39.7 Å². The van der Waals surface area contributed by atoms with E-state index >= 15 is 0 Å². The molecule has 3 atom stereocenters. The number of hydrogen-bond donors (Lipinski definition) is 1. The Hall–Kier alpha value is -1.85. The molecule has 0 unspecified atom stereocenters. The van der Waals surface area contributed by atoms with Crippen LogP contribution in [-0.2, 0) is 14.3 Å². The van der Waals surface area contributed by atoms with Gasteiger partial charge in [-0.15, -0.1) is 0 Å². The van der Waals surface area contributed by atoms with Gasteiger partial charge in [0.1, 0.15) is 6.04 Å². The molecular weight excluding hydrogens is 294 g/mol. The third kappa shape index (κ3) is 4.12. The van der Waals surface area contributed by atoms with Gasteiger partial charge in [0.25, 0.3) is 0 Å². The zero-order valence-corrected chi connectivity index (χ0v) is 14.5. The van der Waals surface area contributed by atoms with Crippen molar-refractivity contribution >= 4 is 11.9 Å². The van der Waals surface area contributed by atoms with Crippen molar-refractivity contribution in [2.24, 2.45) is 5.92 Å². The molecular formula is C17H27N3O3. The standard InChI is InChI=1S/C17H27N3O3/c1-11-10-12(2)20(19-11)13(3)16(21)18-15-9-7-5-6-8-14(15)17(22)23-4/h10,13-15H,5-9H2,1-4H3,(H,18,21)/t13-,14+,15+/m1/s1. The predicted molar refractivity (Wildman–Crippen MR) is 86.9 cm³/mol. The molecule has 1 fully saturated rings. The molecule has 23 heavy (non-hydrogen) atoms. The number of nitrogens with zero attached hydrogens (tertiary/aromatic N) is 2. The summed E-state index contributed by atoms with van der Waals surface area (Å²) in [5.41, 5.74) is 1.85. The van der Waals surface area contributed by atoms with Crippen molar-refractivity contribution < 1.29 is 14.3 Å². The Bertz CT molecular complexity index is 567. The van der Waals surface area contributed by atoms with E-state index in [2.05, 4.69) is 10.4 Å². The largest absolute Gasteiger partial charge is 0.469 e. The smallest absolute Gasteiger partial charge is 0.310 e. The van der Waals surface area contributed by atoms with Gasteiger partial charge < -0.3 is 10.1 Å². The van der Waals surface area contributed by atoms with E-state index in [9.17, 15) is 9.59 Å². The van der Waals surface area contributed by atoms with Crippen LogP contribution in [0.5, 0.6) is 0 Å². The highest BCUT2D eigenvalue weighted by atomic mass is 16.5. The molecule has 1 aliphatic rings. The fourth-order valence-corrected chi connectivity index (χ4v) is 3.37. The quantitative estimate of drug-likeness (QED) is 0.682. The van der Waals surface area contributed by atoms with E-state index in [1.165, 1.54) is 7.11 Å². The summed E-state index contributed by atoms with van der Waals surface area (Å²) in [5, 5.41) is 7.44. The number of ether oxygens (including phenoxy) is 1. The molecule has 128 valence electrons. The Morgan fingerprint density at radius 3 is 2.61 bits per heavy atom. The number of nitrogens with one attached hydrogen (secondary N) is 1. The van der Waals surface area contributed by atoms with Gasteiger partial charge in [0.05, 0.1) is 18.7 Å². The van der Waals surface area contributed by atoms with E-state index in [0.717, 1.165) is 43.5 Å². The molecule has 1 aromatic heterocycles. The Labute approximate surface area is 137 Å². The van der Waals surface area contributed by atoms with Gasteiger partial charge in [0, 0.05) is 11.7 Å². The van der Waals surface area contributed by atoms with Crippen LogP contribution in [0.3, 0.4) is 0 Å². The van der Waals surface area contributed by atoms with Crippen molar-refractivity contribution in [2.75, 3.05) is 7.11 Å². The van der Waals surface area contributed by atoms with Crippen LogP contribution in [0.25, 0.3) is 0 Å². The molecule has 1 amide bonds. The zero-order chi connectivity index (χ0) is 17.0. The zero-order valence-electron chi connectivity index (χ0n) is 14.5. The van der Waals surface area contributed by atoms with Crippen molar-refractivity contribution in [3.63, 3.8) is 0 Å². The van der Waals surface area contributed by atoms with Crippen LogP contribution in [-0.4, -0.2) is 34.8 Å². The van der Waals surface area contributed by atoms with Crippen LogP contribution in [0.1, 0.15) is 56.5 Å². The van der Waals surface area contributed by atoms with Crippen LogP contribution < -0.4 is 5.32 Å². The second-order valence-corrected chi connectivity index (χ2v) is 6.43. The summed E-state index contributed by atoms with van der Waals surface area (Å²) in [4.78, 5) is 24.6. The summed E-state index contributed by atoms with van der Waals surface area (Å²) in [5.74, 6) is -0.577. The van der Waals surface area contributed by atoms with Gasteiger partial charge in [-0.3, -0.25) is 14.3 Å². The number of amides is 1. The monoisotopic (exact) mass is 321 g/mol. The summed E-state index contributed by atoms with van der Waals surface area (Å²) in [6.07, 6.45) is 4.69. The normalized spacial score (nSPS) is 23.0. The second kappa shape index (κ2) is 7.62. The highest BCUT2D eigenvalue weighted by molar-refractivity contribution is 5.81. The molecule has 0 saturated heterocycles. The lowest BCUT2D eigenvalue weighted by molar-refractivity contribution is -0.147. The molecule has 6 heteroatoms. The van der Waals surface area contributed by atoms with E-state index in [1.54, 1.807) is 4.68 Å². The molecule has 0 aliphatic heterocycles. The number of methoxy groups -OCH3 is 1. The molecule has 1 aliphatic carbocycles. The minimum atomic E-state index is -0.398. The summed E-state index contributed by atoms with van der Waals surface area (Å²) >= 11 is 0. The summed E-state index contributed by atoms with van der Waals surface area (Å²) in [7, 11) is 1.41. The van der Waals surface area contributed by atoms with E-state index in [1.807, 2.05) is 26.8 Å². The van der Waals surface area contributed by atoms with E-state index < -0.39 is 6.04 Å². The number of esters is 1. The minimum Gasteiger partial charge on any atom is -0.469 e. The van der Waals surface area contributed by atoms with Crippen molar-refractivity contribution in [2.45, 2.75) is 65.0 Å². The van der Waals surface area contributed by atoms with Crippen LogP contribution in [0.15, 0.2) is 6.07 Å². The highest BCUT2D eigenvalue weighted by Crippen LogP contribution is 2.25. The van der Waals surface area contributed by atoms with E-state index in [0.29, 0.717) is 0 Å². The topological polar surface area (TPSA) is 73.2 Å². The Balaban J connectivity index is 2.09. The number of carbonyl (C=O) groups is 2. The van der Waals surface area contributed by atoms with Crippen molar-refractivity contribution in [3.8, 4) is 0 Å². The first-order valence-electron chi connectivity index (χ1n) is 8.35. The maximum absolute atomic E-state index is 12.6. The summed E-state index contributed by atoms with van der Waals surface area (Å²) in [6, 6.07) is 1.40. The molecule has 1 aromatic rings. The Morgan fingerprint density at radius 1 is 1.30 bits per heavy atom. The van der Waals surface area contributed by atoms with Gasteiger partial charge in [0.15, 0.2) is 0 Å². The molecule has 1 saturated carbocycles. The number of rotatable bonds is 4. The molecule has 1 N–H and O–H groups in total. The lowest BCUT2D eigenvalue weighted by atomic mass is 9.94. The summed E-state index contributed by atoms with van der Waals surface area (Å²) < 4.78 is 6.65. The number of hydrogen-bond acceptors (Lipinski definition) is 4. The lowest BCUT2D eigenvalue weighted by Gasteiger charge is -2.26. The van der Waals surface area contributed by atoms with Crippen LogP contribution >= 0.6 is 0 Å². The van der Waals surface area contributed by atoms with Gasteiger partial charge in [-0.1, -0.05) is 19.3 Å². The van der Waals surface area contributed by atoms with Crippen LogP contribution in [0, 0.1) is 19.8 Å². The Kier molecular flexibility index (Phi) is 5.80. The van der Waals surface area contributed by atoms with Gasteiger partial charge in [-0.2, -0.15) is 5.10 Å². The first-order valence-corrected chi connectivity index (χ1v) is 8.35. The third-order valence-electron chi connectivity index (χ3n) is 4.64. The molecule has 0 spiro atoms. The maximum atomic E-state index is 12.6. The number of aryl methyl sites for hydroxylation is 2. The average Bonchev–Trinajstić information content (AvgIpc) is 2.73. The van der Waals surface area contributed by atoms with Crippen LogP contribution in [0.4, 0.5) is 0 Å². The van der Waals surface area contributed by atoms with Crippen molar-refractivity contribution in [3.05, 3.63) is 17.5 Å². The minimum absolute atomic E-state index is 0.1000. The Morgan fingerprint density at radius 2 is 2.00 bits per heavy atom. The first kappa shape index (κ1) is 17.5. The van der Waals surface area contributed by atoms with Crippen molar-refractivity contribution in [1.29, 1.82) is 0 Å². The number of carbonyl (C=O) groups excluding carboxylic acids is 2. The summed E-state index contributed by atoms with van der Waals surface area (Å²) in [6.45, 7) is 5.68.